The number of hydrogen-bond acceptors (Lipinski definition) is 3. The zero-order valence-electron chi connectivity index (χ0n) is 15.9. The summed E-state index contributed by atoms with van der Waals surface area (Å²) in [6.07, 6.45) is 3.49. The van der Waals surface area contributed by atoms with Crippen molar-refractivity contribution in [3.05, 3.63) is 51.8 Å². The fraction of sp³-hybridized carbons (Fsp3) is 0.500. The lowest BCUT2D eigenvalue weighted by Gasteiger charge is -2.22. The van der Waals surface area contributed by atoms with Crippen molar-refractivity contribution in [2.75, 3.05) is 19.6 Å². The average Bonchev–Trinajstić information content (AvgIpc) is 2.91. The van der Waals surface area contributed by atoms with E-state index < -0.39 is 0 Å². The highest BCUT2D eigenvalue weighted by atomic mass is 35.5. The predicted molar refractivity (Wildman–Crippen MR) is 112 cm³/mol. The van der Waals surface area contributed by atoms with E-state index in [0.29, 0.717) is 29.6 Å². The van der Waals surface area contributed by atoms with Crippen molar-refractivity contribution in [1.29, 1.82) is 0 Å². The molecule has 1 amide bonds. The van der Waals surface area contributed by atoms with Crippen LogP contribution in [0.25, 0.3) is 0 Å². The van der Waals surface area contributed by atoms with Crippen LogP contribution in [-0.4, -0.2) is 35.3 Å². The molecule has 1 aliphatic rings. The molecule has 2 aromatic rings. The molecule has 7 heteroatoms. The van der Waals surface area contributed by atoms with Gasteiger partial charge in [0, 0.05) is 17.3 Å². The second kappa shape index (κ2) is 10.1. The molecule has 0 aliphatic carbocycles. The number of nitrogens with one attached hydrogen (secondary N) is 2. The Morgan fingerprint density at radius 2 is 2.15 bits per heavy atom. The SMILES string of the molecule is Cc1nn(Cc2ccccc2Cl)c(C)c1C(=O)NCCC1CCCNC1.Cl. The molecule has 1 aromatic heterocycles. The number of aromatic nitrogens is 2. The first kappa shape index (κ1) is 21.7. The van der Waals surface area contributed by atoms with Gasteiger partial charge in [-0.2, -0.15) is 5.10 Å². The topological polar surface area (TPSA) is 59.0 Å². The Bertz CT molecular complexity index is 769. The molecule has 1 atom stereocenters. The van der Waals surface area contributed by atoms with Gasteiger partial charge < -0.3 is 10.6 Å². The number of hydrogen-bond donors (Lipinski definition) is 2. The predicted octanol–water partition coefficient (Wildman–Crippen LogP) is 3.74. The number of piperidine rings is 1. The smallest absolute Gasteiger partial charge is 0.255 e. The number of carbonyl (C=O) groups is 1. The minimum Gasteiger partial charge on any atom is -0.352 e. The molecule has 1 unspecified atom stereocenters. The van der Waals surface area contributed by atoms with Crippen LogP contribution in [0.15, 0.2) is 24.3 Å². The third-order valence-corrected chi connectivity index (χ3v) is 5.49. The summed E-state index contributed by atoms with van der Waals surface area (Å²) in [7, 11) is 0. The zero-order valence-corrected chi connectivity index (χ0v) is 17.5. The van der Waals surface area contributed by atoms with E-state index in [4.69, 9.17) is 11.6 Å². The normalized spacial score (nSPS) is 16.6. The molecule has 0 bridgehead atoms. The maximum Gasteiger partial charge on any atom is 0.255 e. The molecule has 1 aromatic carbocycles. The summed E-state index contributed by atoms with van der Waals surface area (Å²) in [5.74, 6) is 0.628. The van der Waals surface area contributed by atoms with E-state index in [0.717, 1.165) is 36.5 Å². The Labute approximate surface area is 172 Å². The fourth-order valence-electron chi connectivity index (χ4n) is 3.62. The van der Waals surface area contributed by atoms with Crippen LogP contribution in [0.5, 0.6) is 0 Å². The highest BCUT2D eigenvalue weighted by molar-refractivity contribution is 6.31. The molecular formula is C20H28Cl2N4O. The van der Waals surface area contributed by atoms with Crippen molar-refractivity contribution < 1.29 is 4.79 Å². The zero-order chi connectivity index (χ0) is 18.5. The van der Waals surface area contributed by atoms with Gasteiger partial charge in [0.25, 0.3) is 5.91 Å². The maximum atomic E-state index is 12.7. The van der Waals surface area contributed by atoms with Crippen molar-refractivity contribution >= 4 is 29.9 Å². The number of carbonyl (C=O) groups excluding carboxylic acids is 1. The Hall–Kier alpha value is -1.56. The van der Waals surface area contributed by atoms with Crippen LogP contribution in [0.1, 0.15) is 46.6 Å². The van der Waals surface area contributed by atoms with Gasteiger partial charge in [-0.05, 0) is 63.7 Å². The molecule has 0 saturated carbocycles. The molecule has 1 aliphatic heterocycles. The molecular weight excluding hydrogens is 383 g/mol. The van der Waals surface area contributed by atoms with Crippen LogP contribution >= 0.6 is 24.0 Å². The Kier molecular flexibility index (Phi) is 8.14. The summed E-state index contributed by atoms with van der Waals surface area (Å²) in [6, 6.07) is 7.72. The molecule has 27 heavy (non-hydrogen) atoms. The Balaban J connectivity index is 0.00000261. The van der Waals surface area contributed by atoms with Crippen LogP contribution in [0.4, 0.5) is 0 Å². The molecule has 5 nitrogen and oxygen atoms in total. The van der Waals surface area contributed by atoms with Gasteiger partial charge in [-0.1, -0.05) is 29.8 Å². The monoisotopic (exact) mass is 410 g/mol. The standard InChI is InChI=1S/C20H27ClN4O.ClH/c1-14-19(20(26)23-11-9-16-6-5-10-22-12-16)15(2)25(24-14)13-17-7-3-4-8-18(17)21;/h3-4,7-8,16,22H,5-6,9-13H2,1-2H3,(H,23,26);1H. The van der Waals surface area contributed by atoms with Gasteiger partial charge in [-0.25, -0.2) is 0 Å². The molecule has 1 fully saturated rings. The lowest BCUT2D eigenvalue weighted by Crippen LogP contribution is -2.33. The van der Waals surface area contributed by atoms with Crippen molar-refractivity contribution in [2.45, 2.75) is 39.7 Å². The summed E-state index contributed by atoms with van der Waals surface area (Å²) in [6.45, 7) is 7.27. The lowest BCUT2D eigenvalue weighted by molar-refractivity contribution is 0.0949. The van der Waals surface area contributed by atoms with Crippen LogP contribution in [-0.2, 0) is 6.54 Å². The van der Waals surface area contributed by atoms with E-state index in [-0.39, 0.29) is 18.3 Å². The average molecular weight is 411 g/mol. The van der Waals surface area contributed by atoms with Gasteiger partial charge in [-0.15, -0.1) is 12.4 Å². The summed E-state index contributed by atoms with van der Waals surface area (Å²) in [5.41, 5.74) is 3.31. The molecule has 0 radical (unpaired) electrons. The quantitative estimate of drug-likeness (QED) is 0.762. The summed E-state index contributed by atoms with van der Waals surface area (Å²) >= 11 is 6.25. The lowest BCUT2D eigenvalue weighted by atomic mass is 9.96. The molecule has 148 valence electrons. The van der Waals surface area contributed by atoms with E-state index in [1.807, 2.05) is 42.8 Å². The third-order valence-electron chi connectivity index (χ3n) is 5.12. The van der Waals surface area contributed by atoms with Gasteiger partial charge >= 0.3 is 0 Å². The van der Waals surface area contributed by atoms with Crippen molar-refractivity contribution in [2.24, 2.45) is 5.92 Å². The first-order chi connectivity index (χ1) is 12.6. The van der Waals surface area contributed by atoms with Crippen LogP contribution in [0, 0.1) is 19.8 Å². The van der Waals surface area contributed by atoms with Gasteiger partial charge in [0.1, 0.15) is 0 Å². The van der Waals surface area contributed by atoms with E-state index in [9.17, 15) is 4.79 Å². The second-order valence-corrected chi connectivity index (χ2v) is 7.46. The molecule has 2 heterocycles. The van der Waals surface area contributed by atoms with Crippen LogP contribution in [0.3, 0.4) is 0 Å². The minimum atomic E-state index is -0.0332. The first-order valence-corrected chi connectivity index (χ1v) is 9.70. The van der Waals surface area contributed by atoms with Crippen molar-refractivity contribution in [3.63, 3.8) is 0 Å². The van der Waals surface area contributed by atoms with Gasteiger partial charge in [0.05, 0.1) is 17.8 Å². The number of amides is 1. The van der Waals surface area contributed by atoms with Crippen LogP contribution < -0.4 is 10.6 Å². The Morgan fingerprint density at radius 1 is 1.37 bits per heavy atom. The summed E-state index contributed by atoms with van der Waals surface area (Å²) in [4.78, 5) is 12.7. The highest BCUT2D eigenvalue weighted by Gasteiger charge is 2.19. The molecule has 3 rings (SSSR count). The number of nitrogens with zero attached hydrogens (tertiary/aromatic N) is 2. The minimum absolute atomic E-state index is 0. The Morgan fingerprint density at radius 3 is 2.85 bits per heavy atom. The number of rotatable bonds is 6. The van der Waals surface area contributed by atoms with Gasteiger partial charge in [0.2, 0.25) is 0 Å². The number of aryl methyl sites for hydroxylation is 1. The summed E-state index contributed by atoms with van der Waals surface area (Å²) < 4.78 is 1.86. The van der Waals surface area contributed by atoms with E-state index in [1.54, 1.807) is 0 Å². The van der Waals surface area contributed by atoms with E-state index >= 15 is 0 Å². The largest absolute Gasteiger partial charge is 0.352 e. The third kappa shape index (κ3) is 5.47. The van der Waals surface area contributed by atoms with E-state index in [2.05, 4.69) is 15.7 Å². The molecule has 1 saturated heterocycles. The highest BCUT2D eigenvalue weighted by Crippen LogP contribution is 2.20. The molecule has 2 N–H and O–H groups in total. The second-order valence-electron chi connectivity index (χ2n) is 7.05. The van der Waals surface area contributed by atoms with Gasteiger partial charge in [-0.3, -0.25) is 9.48 Å². The summed E-state index contributed by atoms with van der Waals surface area (Å²) in [5, 5.41) is 11.8. The van der Waals surface area contributed by atoms with Crippen molar-refractivity contribution in [1.82, 2.24) is 20.4 Å². The fourth-order valence-corrected chi connectivity index (χ4v) is 3.81. The number of benzene rings is 1. The van der Waals surface area contributed by atoms with E-state index in [1.165, 1.54) is 12.8 Å². The van der Waals surface area contributed by atoms with Crippen molar-refractivity contribution in [3.8, 4) is 0 Å². The van der Waals surface area contributed by atoms with Crippen LogP contribution in [0.2, 0.25) is 5.02 Å². The maximum absolute atomic E-state index is 12.7. The number of halogens is 2. The molecule has 0 spiro atoms. The van der Waals surface area contributed by atoms with Gasteiger partial charge in [0.15, 0.2) is 0 Å². The first-order valence-electron chi connectivity index (χ1n) is 9.32.